The molecule has 3 rings (SSSR count). The van der Waals surface area contributed by atoms with Gasteiger partial charge in [0.05, 0.1) is 6.54 Å². The molecule has 6 heteroatoms. The Bertz CT molecular complexity index is 596. The zero-order valence-corrected chi connectivity index (χ0v) is 12.1. The summed E-state index contributed by atoms with van der Waals surface area (Å²) in [5.41, 5.74) is 1.26. The van der Waals surface area contributed by atoms with Gasteiger partial charge < -0.3 is 4.52 Å². The molecule has 0 atom stereocenters. The van der Waals surface area contributed by atoms with Gasteiger partial charge in [-0.25, -0.2) is 4.39 Å². The van der Waals surface area contributed by atoms with Crippen molar-refractivity contribution < 1.29 is 8.91 Å². The minimum absolute atomic E-state index is 0.248. The average Bonchev–Trinajstić information content (AvgIpc) is 2.91. The number of halogens is 1. The lowest BCUT2D eigenvalue weighted by molar-refractivity contribution is 0.245. The van der Waals surface area contributed by atoms with E-state index in [-0.39, 0.29) is 5.82 Å². The van der Waals surface area contributed by atoms with Gasteiger partial charge >= 0.3 is 0 Å². The maximum Gasteiger partial charge on any atom is 0.241 e. The Balaban J connectivity index is 1.73. The average molecular weight is 293 g/mol. The second-order valence-electron chi connectivity index (χ2n) is 4.86. The van der Waals surface area contributed by atoms with E-state index < -0.39 is 0 Å². The zero-order chi connectivity index (χ0) is 13.9. The molecule has 0 radical (unpaired) electrons. The molecule has 20 heavy (non-hydrogen) atoms. The van der Waals surface area contributed by atoms with Crippen LogP contribution in [0, 0.1) is 12.7 Å². The molecule has 0 amide bonds. The lowest BCUT2D eigenvalue weighted by Gasteiger charge is -2.24. The summed E-state index contributed by atoms with van der Waals surface area (Å²) in [6.07, 6.45) is 0. The summed E-state index contributed by atoms with van der Waals surface area (Å²) in [5.74, 6) is 3.08. The molecule has 1 fully saturated rings. The van der Waals surface area contributed by atoms with Gasteiger partial charge in [-0.15, -0.1) is 0 Å². The van der Waals surface area contributed by atoms with Crippen molar-refractivity contribution in [2.45, 2.75) is 13.5 Å². The van der Waals surface area contributed by atoms with Gasteiger partial charge in [-0.05, 0) is 18.6 Å². The number of nitrogens with zero attached hydrogens (tertiary/aromatic N) is 3. The molecule has 4 nitrogen and oxygen atoms in total. The first-order chi connectivity index (χ1) is 9.72. The highest BCUT2D eigenvalue weighted by Gasteiger charge is 2.15. The number of thioether (sulfide) groups is 1. The predicted molar refractivity (Wildman–Crippen MR) is 77.0 cm³/mol. The van der Waals surface area contributed by atoms with Crippen molar-refractivity contribution in [2.24, 2.45) is 0 Å². The summed E-state index contributed by atoms with van der Waals surface area (Å²) in [6.45, 7) is 4.49. The Morgan fingerprint density at radius 2 is 2.15 bits per heavy atom. The van der Waals surface area contributed by atoms with Gasteiger partial charge in [-0.1, -0.05) is 17.3 Å². The fraction of sp³-hybridized carbons (Fsp3) is 0.429. The lowest BCUT2D eigenvalue weighted by atomic mass is 10.1. The minimum atomic E-state index is -0.248. The quantitative estimate of drug-likeness (QED) is 0.870. The lowest BCUT2D eigenvalue weighted by Crippen LogP contribution is -2.32. The number of benzene rings is 1. The van der Waals surface area contributed by atoms with E-state index in [9.17, 15) is 4.39 Å². The number of hydrogen-bond acceptors (Lipinski definition) is 5. The van der Waals surface area contributed by atoms with Crippen LogP contribution in [0.2, 0.25) is 0 Å². The predicted octanol–water partition coefficient (Wildman–Crippen LogP) is 2.73. The molecular formula is C14H16FN3OS. The van der Waals surface area contributed by atoms with Crippen molar-refractivity contribution in [1.29, 1.82) is 0 Å². The zero-order valence-electron chi connectivity index (χ0n) is 11.3. The molecule has 0 unspecified atom stereocenters. The van der Waals surface area contributed by atoms with Crippen LogP contribution in [0.1, 0.15) is 11.5 Å². The van der Waals surface area contributed by atoms with Gasteiger partial charge in [0.25, 0.3) is 0 Å². The molecule has 1 aromatic heterocycles. The summed E-state index contributed by atoms with van der Waals surface area (Å²) in [6, 6.07) is 4.98. The molecule has 0 saturated carbocycles. The molecule has 1 saturated heterocycles. The highest BCUT2D eigenvalue weighted by molar-refractivity contribution is 7.99. The third-order valence-corrected chi connectivity index (χ3v) is 4.30. The molecule has 2 heterocycles. The maximum absolute atomic E-state index is 13.5. The van der Waals surface area contributed by atoms with Crippen LogP contribution in [-0.2, 0) is 6.54 Å². The molecule has 2 aromatic rings. The number of aromatic nitrogens is 2. The Morgan fingerprint density at radius 3 is 2.90 bits per heavy atom. The Kier molecular flexibility index (Phi) is 4.03. The molecule has 0 bridgehead atoms. The summed E-state index contributed by atoms with van der Waals surface area (Å²) in [7, 11) is 0. The summed E-state index contributed by atoms with van der Waals surface area (Å²) >= 11 is 1.96. The van der Waals surface area contributed by atoms with Crippen LogP contribution in [0.25, 0.3) is 11.4 Å². The molecule has 106 valence electrons. The monoisotopic (exact) mass is 293 g/mol. The third kappa shape index (κ3) is 3.02. The molecule has 0 N–H and O–H groups in total. The van der Waals surface area contributed by atoms with Gasteiger partial charge in [0.2, 0.25) is 11.7 Å². The molecular weight excluding hydrogens is 277 g/mol. The van der Waals surface area contributed by atoms with Crippen LogP contribution in [0.15, 0.2) is 22.7 Å². The molecule has 1 aliphatic rings. The second-order valence-corrected chi connectivity index (χ2v) is 6.09. The summed E-state index contributed by atoms with van der Waals surface area (Å²) in [4.78, 5) is 6.65. The van der Waals surface area contributed by atoms with E-state index in [4.69, 9.17) is 4.52 Å². The first kappa shape index (κ1) is 13.6. The highest BCUT2D eigenvalue weighted by atomic mass is 32.2. The van der Waals surface area contributed by atoms with Gasteiger partial charge in [-0.3, -0.25) is 4.90 Å². The van der Waals surface area contributed by atoms with E-state index in [2.05, 4.69) is 15.0 Å². The van der Waals surface area contributed by atoms with Crippen LogP contribution in [0.4, 0.5) is 4.39 Å². The third-order valence-electron chi connectivity index (χ3n) is 3.36. The van der Waals surface area contributed by atoms with Gasteiger partial charge in [-0.2, -0.15) is 16.7 Å². The second kappa shape index (κ2) is 5.93. The fourth-order valence-corrected chi connectivity index (χ4v) is 3.10. The van der Waals surface area contributed by atoms with Crippen LogP contribution in [0.3, 0.4) is 0 Å². The molecule has 1 aromatic carbocycles. The highest BCUT2D eigenvalue weighted by Crippen LogP contribution is 2.20. The Hall–Kier alpha value is -1.40. The van der Waals surface area contributed by atoms with Crippen molar-refractivity contribution in [2.75, 3.05) is 24.6 Å². The van der Waals surface area contributed by atoms with E-state index in [1.165, 1.54) is 6.07 Å². The van der Waals surface area contributed by atoms with Crippen LogP contribution in [0.5, 0.6) is 0 Å². The smallest absolute Gasteiger partial charge is 0.241 e. The van der Waals surface area contributed by atoms with Crippen molar-refractivity contribution in [3.8, 4) is 11.4 Å². The van der Waals surface area contributed by atoms with Crippen molar-refractivity contribution in [1.82, 2.24) is 15.0 Å². The topological polar surface area (TPSA) is 42.2 Å². The van der Waals surface area contributed by atoms with E-state index in [1.54, 1.807) is 13.0 Å². The Morgan fingerprint density at radius 1 is 1.35 bits per heavy atom. The Labute approximate surface area is 121 Å². The molecule has 0 aliphatic carbocycles. The fourth-order valence-electron chi connectivity index (χ4n) is 2.12. The van der Waals surface area contributed by atoms with Crippen molar-refractivity contribution >= 4 is 11.8 Å². The van der Waals surface area contributed by atoms with Crippen LogP contribution >= 0.6 is 11.8 Å². The number of aryl methyl sites for hydroxylation is 1. The van der Waals surface area contributed by atoms with E-state index in [0.717, 1.165) is 24.6 Å². The standard InChI is InChI=1S/C14H16FN3OS/c1-10-2-3-11(8-12(10)15)14-16-13(19-17-14)9-18-4-6-20-7-5-18/h2-3,8H,4-7,9H2,1H3. The summed E-state index contributed by atoms with van der Waals surface area (Å²) in [5, 5.41) is 3.94. The molecule has 1 aliphatic heterocycles. The molecule has 0 spiro atoms. The first-order valence-electron chi connectivity index (χ1n) is 6.61. The summed E-state index contributed by atoms with van der Waals surface area (Å²) < 4.78 is 18.8. The SMILES string of the molecule is Cc1ccc(-c2noc(CN3CCSCC3)n2)cc1F. The largest absolute Gasteiger partial charge is 0.338 e. The van der Waals surface area contributed by atoms with Gasteiger partial charge in [0.15, 0.2) is 0 Å². The van der Waals surface area contributed by atoms with E-state index in [1.807, 2.05) is 17.8 Å². The van der Waals surface area contributed by atoms with Crippen molar-refractivity contribution in [3.05, 3.63) is 35.5 Å². The minimum Gasteiger partial charge on any atom is -0.338 e. The van der Waals surface area contributed by atoms with E-state index in [0.29, 0.717) is 29.4 Å². The van der Waals surface area contributed by atoms with E-state index >= 15 is 0 Å². The van der Waals surface area contributed by atoms with Gasteiger partial charge in [0.1, 0.15) is 5.82 Å². The normalized spacial score (nSPS) is 16.5. The van der Waals surface area contributed by atoms with Crippen LogP contribution in [-0.4, -0.2) is 39.6 Å². The van der Waals surface area contributed by atoms with Crippen molar-refractivity contribution in [3.63, 3.8) is 0 Å². The maximum atomic E-state index is 13.5. The number of rotatable bonds is 3. The van der Waals surface area contributed by atoms with Crippen LogP contribution < -0.4 is 0 Å². The number of hydrogen-bond donors (Lipinski definition) is 0. The van der Waals surface area contributed by atoms with Gasteiger partial charge in [0, 0.05) is 30.2 Å². The first-order valence-corrected chi connectivity index (χ1v) is 7.77.